The van der Waals surface area contributed by atoms with E-state index in [1.54, 1.807) is 0 Å². The largest absolute Gasteiger partial charge is 0.480 e. The van der Waals surface area contributed by atoms with E-state index < -0.39 is 12.0 Å². The van der Waals surface area contributed by atoms with Crippen LogP contribution >= 0.6 is 0 Å². The summed E-state index contributed by atoms with van der Waals surface area (Å²) in [7, 11) is 1.81. The van der Waals surface area contributed by atoms with Crippen molar-refractivity contribution in [3.8, 4) is 0 Å². The van der Waals surface area contributed by atoms with E-state index in [2.05, 4.69) is 0 Å². The van der Waals surface area contributed by atoms with Crippen molar-refractivity contribution in [3.05, 3.63) is 0 Å². The molecule has 0 aromatic rings. The van der Waals surface area contributed by atoms with Crippen LogP contribution < -0.4 is 0 Å². The van der Waals surface area contributed by atoms with Gasteiger partial charge in [0, 0.05) is 6.54 Å². The number of carboxylic acid groups (broad SMARTS) is 1. The van der Waals surface area contributed by atoms with Crippen LogP contribution in [0.15, 0.2) is 0 Å². The van der Waals surface area contributed by atoms with Crippen LogP contribution in [0.3, 0.4) is 0 Å². The fraction of sp³-hybridized carbons (Fsp3) is 0.909. The Kier molecular flexibility index (Phi) is 5.83. The SMILES string of the molecule is CCC(C(=O)O)N(C)CCOC(C)(C)C. The first-order valence-corrected chi connectivity index (χ1v) is 5.35. The van der Waals surface area contributed by atoms with E-state index in [1.165, 1.54) is 0 Å². The van der Waals surface area contributed by atoms with Gasteiger partial charge < -0.3 is 9.84 Å². The van der Waals surface area contributed by atoms with Crippen molar-refractivity contribution in [1.29, 1.82) is 0 Å². The van der Waals surface area contributed by atoms with Gasteiger partial charge in [0.2, 0.25) is 0 Å². The highest BCUT2D eigenvalue weighted by atomic mass is 16.5. The molecular weight excluding hydrogens is 194 g/mol. The van der Waals surface area contributed by atoms with Crippen molar-refractivity contribution in [2.45, 2.75) is 45.8 Å². The van der Waals surface area contributed by atoms with E-state index in [0.717, 1.165) is 0 Å². The Balaban J connectivity index is 3.92. The molecule has 1 unspecified atom stereocenters. The van der Waals surface area contributed by atoms with Gasteiger partial charge >= 0.3 is 5.97 Å². The summed E-state index contributed by atoms with van der Waals surface area (Å²) in [4.78, 5) is 12.7. The Morgan fingerprint density at radius 2 is 2.00 bits per heavy atom. The van der Waals surface area contributed by atoms with Crippen molar-refractivity contribution in [1.82, 2.24) is 4.90 Å². The molecule has 1 N–H and O–H groups in total. The molecule has 0 aromatic heterocycles. The van der Waals surface area contributed by atoms with Gasteiger partial charge in [0.1, 0.15) is 6.04 Å². The minimum Gasteiger partial charge on any atom is -0.480 e. The third-order valence-electron chi connectivity index (χ3n) is 2.18. The van der Waals surface area contributed by atoms with Crippen LogP contribution in [0.2, 0.25) is 0 Å². The zero-order chi connectivity index (χ0) is 12.1. The molecule has 0 aliphatic rings. The van der Waals surface area contributed by atoms with Gasteiger partial charge in [-0.1, -0.05) is 6.92 Å². The second-order valence-corrected chi connectivity index (χ2v) is 4.70. The lowest BCUT2D eigenvalue weighted by Crippen LogP contribution is -2.40. The van der Waals surface area contributed by atoms with Crippen molar-refractivity contribution in [3.63, 3.8) is 0 Å². The van der Waals surface area contributed by atoms with E-state index >= 15 is 0 Å². The number of ether oxygens (including phenoxy) is 1. The van der Waals surface area contributed by atoms with Gasteiger partial charge in [-0.25, -0.2) is 0 Å². The van der Waals surface area contributed by atoms with Crippen LogP contribution in [0.1, 0.15) is 34.1 Å². The number of hydrogen-bond acceptors (Lipinski definition) is 3. The molecule has 0 saturated carbocycles. The Morgan fingerprint density at radius 1 is 1.47 bits per heavy atom. The van der Waals surface area contributed by atoms with Gasteiger partial charge in [-0.15, -0.1) is 0 Å². The molecule has 0 fully saturated rings. The van der Waals surface area contributed by atoms with Gasteiger partial charge in [0.15, 0.2) is 0 Å². The zero-order valence-corrected chi connectivity index (χ0v) is 10.4. The van der Waals surface area contributed by atoms with Crippen LogP contribution in [0, 0.1) is 0 Å². The second-order valence-electron chi connectivity index (χ2n) is 4.70. The van der Waals surface area contributed by atoms with Crippen molar-refractivity contribution < 1.29 is 14.6 Å². The summed E-state index contributed by atoms with van der Waals surface area (Å²) in [6.45, 7) is 9.04. The number of hydrogen-bond donors (Lipinski definition) is 1. The lowest BCUT2D eigenvalue weighted by atomic mass is 10.2. The van der Waals surface area contributed by atoms with E-state index in [1.807, 2.05) is 39.6 Å². The predicted octanol–water partition coefficient (Wildman–Crippen LogP) is 1.60. The third kappa shape index (κ3) is 6.47. The number of aliphatic carboxylic acids is 1. The highest BCUT2D eigenvalue weighted by Crippen LogP contribution is 2.07. The molecule has 0 heterocycles. The normalized spacial score (nSPS) is 14.3. The molecule has 0 saturated heterocycles. The van der Waals surface area contributed by atoms with Crippen molar-refractivity contribution >= 4 is 5.97 Å². The summed E-state index contributed by atoms with van der Waals surface area (Å²) in [6, 6.07) is -0.409. The van der Waals surface area contributed by atoms with Gasteiger partial charge in [0.05, 0.1) is 12.2 Å². The summed E-state index contributed by atoms with van der Waals surface area (Å²) in [5, 5.41) is 8.92. The summed E-state index contributed by atoms with van der Waals surface area (Å²) in [5.74, 6) is -0.768. The number of carbonyl (C=O) groups is 1. The van der Waals surface area contributed by atoms with Crippen molar-refractivity contribution in [2.24, 2.45) is 0 Å². The van der Waals surface area contributed by atoms with Gasteiger partial charge in [0.25, 0.3) is 0 Å². The summed E-state index contributed by atoms with van der Waals surface area (Å²) in [5.41, 5.74) is -0.161. The molecule has 15 heavy (non-hydrogen) atoms. The fourth-order valence-corrected chi connectivity index (χ4v) is 1.33. The summed E-state index contributed by atoms with van der Waals surface area (Å²) >= 11 is 0. The van der Waals surface area contributed by atoms with Gasteiger partial charge in [-0.2, -0.15) is 0 Å². The van der Waals surface area contributed by atoms with E-state index in [4.69, 9.17) is 9.84 Å². The van der Waals surface area contributed by atoms with E-state index in [-0.39, 0.29) is 5.60 Å². The number of likely N-dealkylation sites (N-methyl/N-ethyl adjacent to an activating group) is 1. The van der Waals surface area contributed by atoms with Crippen LogP contribution in [-0.2, 0) is 9.53 Å². The smallest absolute Gasteiger partial charge is 0.320 e. The molecule has 4 nitrogen and oxygen atoms in total. The minimum absolute atomic E-state index is 0.161. The topological polar surface area (TPSA) is 49.8 Å². The van der Waals surface area contributed by atoms with Crippen LogP contribution in [-0.4, -0.2) is 47.8 Å². The van der Waals surface area contributed by atoms with Crippen LogP contribution in [0.4, 0.5) is 0 Å². The second kappa shape index (κ2) is 6.08. The number of rotatable bonds is 6. The molecule has 0 rings (SSSR count). The highest BCUT2D eigenvalue weighted by molar-refractivity contribution is 5.73. The molecule has 4 heteroatoms. The summed E-state index contributed by atoms with van der Waals surface area (Å²) < 4.78 is 5.54. The zero-order valence-electron chi connectivity index (χ0n) is 10.4. The van der Waals surface area contributed by atoms with E-state index in [0.29, 0.717) is 19.6 Å². The average molecular weight is 217 g/mol. The maximum absolute atomic E-state index is 10.8. The first-order chi connectivity index (χ1) is 6.78. The van der Waals surface area contributed by atoms with Gasteiger partial charge in [-0.3, -0.25) is 9.69 Å². The average Bonchev–Trinajstić information content (AvgIpc) is 2.01. The molecule has 0 bridgehead atoms. The standard InChI is InChI=1S/C11H23NO3/c1-6-9(10(13)14)12(5)7-8-15-11(2,3)4/h9H,6-8H2,1-5H3,(H,13,14). The highest BCUT2D eigenvalue weighted by Gasteiger charge is 2.20. The molecule has 0 aliphatic heterocycles. The number of nitrogens with zero attached hydrogens (tertiary/aromatic N) is 1. The molecule has 0 amide bonds. The maximum atomic E-state index is 10.8. The first kappa shape index (κ1) is 14.4. The quantitative estimate of drug-likeness (QED) is 0.734. The van der Waals surface area contributed by atoms with Crippen LogP contribution in [0.5, 0.6) is 0 Å². The maximum Gasteiger partial charge on any atom is 0.320 e. The summed E-state index contributed by atoms with van der Waals surface area (Å²) in [6.07, 6.45) is 0.612. The third-order valence-corrected chi connectivity index (χ3v) is 2.18. The monoisotopic (exact) mass is 217 g/mol. The molecule has 90 valence electrons. The Bertz CT molecular complexity index is 198. The van der Waals surface area contributed by atoms with Crippen LogP contribution in [0.25, 0.3) is 0 Å². The Labute approximate surface area is 92.2 Å². The lowest BCUT2D eigenvalue weighted by molar-refractivity contribution is -0.143. The molecule has 0 aliphatic carbocycles. The Morgan fingerprint density at radius 3 is 2.33 bits per heavy atom. The molecule has 0 aromatic carbocycles. The number of carboxylic acids is 1. The first-order valence-electron chi connectivity index (χ1n) is 5.35. The fourth-order valence-electron chi connectivity index (χ4n) is 1.33. The molecule has 0 spiro atoms. The molecule has 0 radical (unpaired) electrons. The molecule has 1 atom stereocenters. The van der Waals surface area contributed by atoms with Gasteiger partial charge in [-0.05, 0) is 34.2 Å². The lowest BCUT2D eigenvalue weighted by Gasteiger charge is -2.26. The minimum atomic E-state index is -0.768. The molecular formula is C11H23NO3. The van der Waals surface area contributed by atoms with Crippen molar-refractivity contribution in [2.75, 3.05) is 20.2 Å². The van der Waals surface area contributed by atoms with E-state index in [9.17, 15) is 4.79 Å². The Hall–Kier alpha value is -0.610. The predicted molar refractivity (Wildman–Crippen MR) is 60.0 cm³/mol.